The van der Waals surface area contributed by atoms with Crippen LogP contribution in [0.1, 0.15) is 30.8 Å². The van der Waals surface area contributed by atoms with Gasteiger partial charge in [-0.15, -0.1) is 5.10 Å². The summed E-state index contributed by atoms with van der Waals surface area (Å²) < 4.78 is 1.99. The van der Waals surface area contributed by atoms with Gasteiger partial charge in [-0.25, -0.2) is 4.68 Å². The van der Waals surface area contributed by atoms with Gasteiger partial charge in [0.05, 0.1) is 11.4 Å². The molecule has 0 aliphatic rings. The third-order valence-corrected chi connectivity index (χ3v) is 3.68. The van der Waals surface area contributed by atoms with Crippen LogP contribution in [0.3, 0.4) is 0 Å². The van der Waals surface area contributed by atoms with Crippen molar-refractivity contribution < 1.29 is 0 Å². The molecule has 0 saturated heterocycles. The number of fused-ring (bicyclic) bond motifs is 1. The smallest absolute Gasteiger partial charge is 0.0998 e. The van der Waals surface area contributed by atoms with Crippen LogP contribution in [-0.2, 0) is 19.5 Å². The average Bonchev–Trinajstić information content (AvgIpc) is 3.04. The molecule has 0 aliphatic carbocycles. The number of hydrogen-bond donors (Lipinski definition) is 2. The zero-order valence-electron chi connectivity index (χ0n) is 12.5. The number of benzene rings is 1. The Morgan fingerprint density at radius 1 is 1.29 bits per heavy atom. The van der Waals surface area contributed by atoms with Crippen LogP contribution in [0.4, 0.5) is 0 Å². The highest BCUT2D eigenvalue weighted by Crippen LogP contribution is 2.22. The molecule has 2 heterocycles. The molecule has 5 nitrogen and oxygen atoms in total. The largest absolute Gasteiger partial charge is 0.361 e. The zero-order chi connectivity index (χ0) is 14.8. The highest BCUT2D eigenvalue weighted by atomic mass is 15.4. The van der Waals surface area contributed by atoms with Gasteiger partial charge in [0.1, 0.15) is 0 Å². The summed E-state index contributed by atoms with van der Waals surface area (Å²) in [6.45, 7) is 5.65. The van der Waals surface area contributed by atoms with Crippen molar-refractivity contribution in [3.05, 3.63) is 47.4 Å². The van der Waals surface area contributed by atoms with Gasteiger partial charge in [-0.05, 0) is 17.5 Å². The molecule has 3 aromatic rings. The van der Waals surface area contributed by atoms with Crippen LogP contribution in [-0.4, -0.2) is 20.0 Å². The highest BCUT2D eigenvalue weighted by molar-refractivity contribution is 5.83. The zero-order valence-corrected chi connectivity index (χ0v) is 12.5. The lowest BCUT2D eigenvalue weighted by atomic mass is 10.1. The highest BCUT2D eigenvalue weighted by Gasteiger charge is 2.15. The van der Waals surface area contributed by atoms with E-state index in [4.69, 9.17) is 5.73 Å². The first-order valence-electron chi connectivity index (χ1n) is 7.35. The van der Waals surface area contributed by atoms with Crippen LogP contribution in [0.5, 0.6) is 0 Å². The lowest BCUT2D eigenvalue weighted by Crippen LogP contribution is -2.12. The summed E-state index contributed by atoms with van der Waals surface area (Å²) in [6.07, 6.45) is 2.87. The standard InChI is InChI=1S/C16H21N5/c1-11(2)10-21-16(15(8-17)19-20-21)7-12-9-18-14-6-4-3-5-13(12)14/h3-6,9,11,18H,7-8,10,17H2,1-2H3. The van der Waals surface area contributed by atoms with Crippen LogP contribution in [0.2, 0.25) is 0 Å². The first kappa shape index (κ1) is 13.8. The van der Waals surface area contributed by atoms with E-state index < -0.39 is 0 Å². The molecule has 0 spiro atoms. The minimum atomic E-state index is 0.426. The van der Waals surface area contributed by atoms with Crippen LogP contribution in [0.25, 0.3) is 10.9 Å². The molecule has 0 atom stereocenters. The summed E-state index contributed by atoms with van der Waals surface area (Å²) in [5.74, 6) is 0.527. The molecule has 2 aromatic heterocycles. The SMILES string of the molecule is CC(C)Cn1nnc(CN)c1Cc1c[nH]c2ccccc12. The Morgan fingerprint density at radius 2 is 2.10 bits per heavy atom. The Balaban J connectivity index is 1.98. The number of aromatic nitrogens is 4. The van der Waals surface area contributed by atoms with Gasteiger partial charge in [0.2, 0.25) is 0 Å². The maximum atomic E-state index is 5.81. The van der Waals surface area contributed by atoms with E-state index >= 15 is 0 Å². The molecule has 0 saturated carbocycles. The third kappa shape index (κ3) is 2.69. The van der Waals surface area contributed by atoms with Crippen molar-refractivity contribution in [3.63, 3.8) is 0 Å². The number of rotatable bonds is 5. The van der Waals surface area contributed by atoms with Crippen molar-refractivity contribution in [1.29, 1.82) is 0 Å². The Bertz CT molecular complexity index is 738. The number of hydrogen-bond acceptors (Lipinski definition) is 3. The van der Waals surface area contributed by atoms with Crippen molar-refractivity contribution in [2.75, 3.05) is 0 Å². The quantitative estimate of drug-likeness (QED) is 0.755. The summed E-state index contributed by atoms with van der Waals surface area (Å²) >= 11 is 0. The van der Waals surface area contributed by atoms with Crippen molar-refractivity contribution in [1.82, 2.24) is 20.0 Å². The molecule has 5 heteroatoms. The fourth-order valence-corrected chi connectivity index (χ4v) is 2.67. The molecule has 110 valence electrons. The van der Waals surface area contributed by atoms with E-state index in [0.717, 1.165) is 29.9 Å². The van der Waals surface area contributed by atoms with E-state index in [-0.39, 0.29) is 0 Å². The Hall–Kier alpha value is -2.14. The maximum absolute atomic E-state index is 5.81. The summed E-state index contributed by atoms with van der Waals surface area (Å²) in [5, 5.41) is 9.74. The predicted molar refractivity (Wildman–Crippen MR) is 83.9 cm³/mol. The number of para-hydroxylation sites is 1. The third-order valence-electron chi connectivity index (χ3n) is 3.68. The van der Waals surface area contributed by atoms with Crippen molar-refractivity contribution >= 4 is 10.9 Å². The first-order chi connectivity index (χ1) is 10.2. The van der Waals surface area contributed by atoms with E-state index in [1.807, 2.05) is 10.7 Å². The first-order valence-corrected chi connectivity index (χ1v) is 7.35. The Labute approximate surface area is 124 Å². The minimum Gasteiger partial charge on any atom is -0.361 e. The second-order valence-corrected chi connectivity index (χ2v) is 5.80. The number of nitrogens with two attached hydrogens (primary N) is 1. The molecule has 1 aromatic carbocycles. The van der Waals surface area contributed by atoms with E-state index in [9.17, 15) is 0 Å². The van der Waals surface area contributed by atoms with Crippen LogP contribution < -0.4 is 5.73 Å². The molecule has 0 bridgehead atoms. The fourth-order valence-electron chi connectivity index (χ4n) is 2.67. The Kier molecular flexibility index (Phi) is 3.75. The second kappa shape index (κ2) is 5.69. The molecule has 0 aliphatic heterocycles. The summed E-state index contributed by atoms with van der Waals surface area (Å²) in [5.41, 5.74) is 10.2. The molecular weight excluding hydrogens is 262 g/mol. The van der Waals surface area contributed by atoms with Crippen molar-refractivity contribution in [2.45, 2.75) is 33.4 Å². The number of nitrogens with zero attached hydrogens (tertiary/aromatic N) is 3. The van der Waals surface area contributed by atoms with Gasteiger partial charge in [0.15, 0.2) is 0 Å². The van der Waals surface area contributed by atoms with Gasteiger partial charge >= 0.3 is 0 Å². The van der Waals surface area contributed by atoms with E-state index in [0.29, 0.717) is 12.5 Å². The molecule has 21 heavy (non-hydrogen) atoms. The molecule has 0 radical (unpaired) electrons. The van der Waals surface area contributed by atoms with Gasteiger partial charge in [-0.3, -0.25) is 0 Å². The second-order valence-electron chi connectivity index (χ2n) is 5.80. The normalized spacial score (nSPS) is 11.6. The summed E-state index contributed by atoms with van der Waals surface area (Å²) in [4.78, 5) is 3.32. The van der Waals surface area contributed by atoms with Gasteiger partial charge in [0.25, 0.3) is 0 Å². The molecular formula is C16H21N5. The average molecular weight is 283 g/mol. The molecule has 0 fully saturated rings. The summed E-state index contributed by atoms with van der Waals surface area (Å²) in [6, 6.07) is 8.33. The minimum absolute atomic E-state index is 0.426. The van der Waals surface area contributed by atoms with Gasteiger partial charge < -0.3 is 10.7 Å². The van der Waals surface area contributed by atoms with Crippen LogP contribution >= 0.6 is 0 Å². The number of aromatic amines is 1. The van der Waals surface area contributed by atoms with Crippen LogP contribution in [0, 0.1) is 5.92 Å². The van der Waals surface area contributed by atoms with Crippen molar-refractivity contribution in [3.8, 4) is 0 Å². The topological polar surface area (TPSA) is 72.5 Å². The monoisotopic (exact) mass is 283 g/mol. The van der Waals surface area contributed by atoms with E-state index in [1.54, 1.807) is 0 Å². The molecule has 3 N–H and O–H groups in total. The van der Waals surface area contributed by atoms with Crippen LogP contribution in [0.15, 0.2) is 30.5 Å². The van der Waals surface area contributed by atoms with E-state index in [2.05, 4.69) is 53.5 Å². The lowest BCUT2D eigenvalue weighted by Gasteiger charge is -2.09. The van der Waals surface area contributed by atoms with Crippen molar-refractivity contribution in [2.24, 2.45) is 11.7 Å². The maximum Gasteiger partial charge on any atom is 0.0998 e. The predicted octanol–water partition coefficient (Wildman–Crippen LogP) is 2.46. The van der Waals surface area contributed by atoms with E-state index in [1.165, 1.54) is 10.9 Å². The molecule has 0 unspecified atom stereocenters. The van der Waals surface area contributed by atoms with Gasteiger partial charge in [0, 0.05) is 36.6 Å². The molecule has 0 amide bonds. The number of H-pyrrole nitrogens is 1. The van der Waals surface area contributed by atoms with Gasteiger partial charge in [-0.2, -0.15) is 0 Å². The number of nitrogens with one attached hydrogen (secondary N) is 1. The fraction of sp³-hybridized carbons (Fsp3) is 0.375. The van der Waals surface area contributed by atoms with Gasteiger partial charge in [-0.1, -0.05) is 37.3 Å². The molecule has 3 rings (SSSR count). The Morgan fingerprint density at radius 3 is 2.86 bits per heavy atom. The summed E-state index contributed by atoms with van der Waals surface area (Å²) in [7, 11) is 0. The lowest BCUT2D eigenvalue weighted by molar-refractivity contribution is 0.461.